The van der Waals surface area contributed by atoms with Crippen molar-refractivity contribution in [1.82, 2.24) is 0 Å². The molecule has 3 aliphatic rings. The first-order valence-electron chi connectivity index (χ1n) is 9.22. The van der Waals surface area contributed by atoms with E-state index in [0.717, 1.165) is 17.8 Å². The summed E-state index contributed by atoms with van der Waals surface area (Å²) < 4.78 is 1.22. The maximum atomic E-state index is 3.70. The van der Waals surface area contributed by atoms with Gasteiger partial charge in [0.05, 0.1) is 0 Å². The zero-order chi connectivity index (χ0) is 16.2. The van der Waals surface area contributed by atoms with Crippen LogP contribution in [0.3, 0.4) is 0 Å². The lowest BCUT2D eigenvalue weighted by Crippen LogP contribution is -2.46. The van der Waals surface area contributed by atoms with E-state index in [1.165, 1.54) is 30.2 Å². The van der Waals surface area contributed by atoms with Gasteiger partial charge in [0.25, 0.3) is 0 Å². The van der Waals surface area contributed by atoms with E-state index >= 15 is 0 Å². The van der Waals surface area contributed by atoms with Crippen LogP contribution in [0, 0.1) is 17.8 Å². The number of hydrogen-bond donors (Lipinski definition) is 0. The van der Waals surface area contributed by atoms with Gasteiger partial charge in [-0.15, -0.1) is 0 Å². The Labute approximate surface area is 149 Å². The van der Waals surface area contributed by atoms with E-state index in [9.17, 15) is 0 Å². The van der Waals surface area contributed by atoms with Crippen molar-refractivity contribution in [3.63, 3.8) is 0 Å². The van der Waals surface area contributed by atoms with Gasteiger partial charge in [-0.25, -0.2) is 0 Å². The fourth-order valence-electron chi connectivity index (χ4n) is 5.63. The van der Waals surface area contributed by atoms with Gasteiger partial charge in [-0.3, -0.25) is 0 Å². The molecule has 0 saturated heterocycles. The zero-order valence-corrected chi connectivity index (χ0v) is 16.1. The molecule has 1 fully saturated rings. The average Bonchev–Trinajstić information content (AvgIpc) is 2.54. The summed E-state index contributed by atoms with van der Waals surface area (Å²) in [5.41, 5.74) is 5.16. The van der Waals surface area contributed by atoms with Crippen LogP contribution in [0.15, 0.2) is 46.5 Å². The molecule has 4 rings (SSSR count). The van der Waals surface area contributed by atoms with Crippen molar-refractivity contribution < 1.29 is 0 Å². The maximum Gasteiger partial charge on any atom is 0.0178 e. The zero-order valence-electron chi connectivity index (χ0n) is 14.5. The number of rotatable bonds is 2. The van der Waals surface area contributed by atoms with Crippen LogP contribution >= 0.6 is 15.9 Å². The summed E-state index contributed by atoms with van der Waals surface area (Å²) in [7, 11) is 0. The summed E-state index contributed by atoms with van der Waals surface area (Å²) >= 11 is 3.70. The molecule has 1 saturated carbocycles. The van der Waals surface area contributed by atoms with E-state index in [1.807, 2.05) is 0 Å². The van der Waals surface area contributed by atoms with Crippen LogP contribution in [0.4, 0.5) is 0 Å². The first-order valence-corrected chi connectivity index (χ1v) is 10.0. The van der Waals surface area contributed by atoms with Crippen LogP contribution in [-0.2, 0) is 5.41 Å². The fraction of sp³-hybridized carbons (Fsp3) is 0.545. The minimum Gasteiger partial charge on any atom is -0.0799 e. The van der Waals surface area contributed by atoms with E-state index in [4.69, 9.17) is 0 Å². The van der Waals surface area contributed by atoms with Crippen molar-refractivity contribution in [2.45, 2.75) is 57.8 Å². The first kappa shape index (κ1) is 15.7. The summed E-state index contributed by atoms with van der Waals surface area (Å²) in [5.74, 6) is 2.92. The monoisotopic (exact) mass is 370 g/mol. The van der Waals surface area contributed by atoms with E-state index in [-0.39, 0.29) is 5.41 Å². The first-order chi connectivity index (χ1) is 11.0. The summed E-state index contributed by atoms with van der Waals surface area (Å²) in [6, 6.07) is 7.03. The Hall–Kier alpha value is -0.820. The van der Waals surface area contributed by atoms with Crippen molar-refractivity contribution in [3.05, 3.63) is 57.6 Å². The van der Waals surface area contributed by atoms with Crippen molar-refractivity contribution in [3.8, 4) is 0 Å². The summed E-state index contributed by atoms with van der Waals surface area (Å²) in [6.07, 6.45) is 12.7. The summed E-state index contributed by atoms with van der Waals surface area (Å²) in [5, 5.41) is 0. The predicted molar refractivity (Wildman–Crippen MR) is 102 cm³/mol. The van der Waals surface area contributed by atoms with Gasteiger partial charge in [-0.05, 0) is 71.6 Å². The molecule has 0 spiro atoms. The second kappa shape index (κ2) is 5.62. The Kier molecular flexibility index (Phi) is 3.83. The van der Waals surface area contributed by atoms with Crippen molar-refractivity contribution >= 4 is 15.9 Å². The lowest BCUT2D eigenvalue weighted by atomic mass is 9.50. The number of halogens is 1. The molecule has 0 heterocycles. The minimum absolute atomic E-state index is 0.213. The highest BCUT2D eigenvalue weighted by molar-refractivity contribution is 9.10. The average molecular weight is 371 g/mol. The van der Waals surface area contributed by atoms with Gasteiger partial charge in [0.15, 0.2) is 0 Å². The number of hydrogen-bond acceptors (Lipinski definition) is 0. The van der Waals surface area contributed by atoms with Crippen LogP contribution in [-0.4, -0.2) is 0 Å². The van der Waals surface area contributed by atoms with Crippen LogP contribution in [0.1, 0.15) is 63.5 Å². The van der Waals surface area contributed by atoms with Gasteiger partial charge in [-0.2, -0.15) is 0 Å². The fourth-order valence-corrected chi connectivity index (χ4v) is 5.99. The Morgan fingerprint density at radius 2 is 2.04 bits per heavy atom. The molecule has 0 amide bonds. The molecule has 3 aliphatic carbocycles. The topological polar surface area (TPSA) is 0 Å². The molecule has 0 bridgehead atoms. The quantitative estimate of drug-likeness (QED) is 0.539. The molecule has 23 heavy (non-hydrogen) atoms. The predicted octanol–water partition coefficient (Wildman–Crippen LogP) is 6.76. The Morgan fingerprint density at radius 3 is 2.83 bits per heavy atom. The van der Waals surface area contributed by atoms with Crippen LogP contribution < -0.4 is 0 Å². The van der Waals surface area contributed by atoms with Gasteiger partial charge in [0, 0.05) is 4.47 Å². The highest BCUT2D eigenvalue weighted by atomic mass is 79.9. The van der Waals surface area contributed by atoms with Crippen LogP contribution in [0.2, 0.25) is 0 Å². The summed E-state index contributed by atoms with van der Waals surface area (Å²) in [4.78, 5) is 0. The summed E-state index contributed by atoms with van der Waals surface area (Å²) in [6.45, 7) is 7.24. The lowest BCUT2D eigenvalue weighted by molar-refractivity contribution is 0.177. The highest BCUT2D eigenvalue weighted by Crippen LogP contribution is 2.59. The number of benzene rings is 1. The van der Waals surface area contributed by atoms with Crippen molar-refractivity contribution in [1.29, 1.82) is 0 Å². The molecule has 1 aromatic rings. The molecule has 0 N–H and O–H groups in total. The van der Waals surface area contributed by atoms with Crippen molar-refractivity contribution in [2.24, 2.45) is 17.8 Å². The molecule has 0 nitrogen and oxygen atoms in total. The highest BCUT2D eigenvalue weighted by Gasteiger charge is 2.50. The Morgan fingerprint density at radius 1 is 1.22 bits per heavy atom. The molecule has 1 aromatic carbocycles. The molecule has 1 heteroatoms. The van der Waals surface area contributed by atoms with E-state index in [1.54, 1.807) is 16.7 Å². The van der Waals surface area contributed by atoms with Gasteiger partial charge in [0.1, 0.15) is 0 Å². The van der Waals surface area contributed by atoms with Gasteiger partial charge >= 0.3 is 0 Å². The maximum absolute atomic E-state index is 3.70. The smallest absolute Gasteiger partial charge is 0.0178 e. The van der Waals surface area contributed by atoms with Crippen molar-refractivity contribution in [2.75, 3.05) is 0 Å². The largest absolute Gasteiger partial charge is 0.0799 e. The minimum atomic E-state index is 0.213. The number of allylic oxidation sites excluding steroid dienone is 4. The van der Waals surface area contributed by atoms with Crippen LogP contribution in [0.25, 0.3) is 0 Å². The second-order valence-corrected chi connectivity index (χ2v) is 9.14. The third-order valence-corrected chi connectivity index (χ3v) is 7.18. The Balaban J connectivity index is 1.86. The molecule has 4 unspecified atom stereocenters. The number of fused-ring (bicyclic) bond motifs is 2. The molecule has 4 atom stereocenters. The van der Waals surface area contributed by atoms with Gasteiger partial charge < -0.3 is 0 Å². The molecule has 122 valence electrons. The Bertz CT molecular complexity index is 679. The molecule has 0 aromatic heterocycles. The van der Waals surface area contributed by atoms with E-state index in [0.29, 0.717) is 5.92 Å². The third kappa shape index (κ3) is 2.30. The normalized spacial score (nSPS) is 33.7. The van der Waals surface area contributed by atoms with Gasteiger partial charge in [0.2, 0.25) is 0 Å². The SMILES string of the molecule is CCCC1CCC2c3ccc(Br)cc3C(C)(C)C3C=CC=C1C23. The van der Waals surface area contributed by atoms with E-state index in [2.05, 4.69) is 73.1 Å². The third-order valence-electron chi connectivity index (χ3n) is 6.69. The standard InChI is InChI=1S/C22H27Br/c1-4-6-14-9-11-18-17-12-10-15(23)13-20(17)22(2,3)19-8-5-7-16(14)21(18)19/h5,7-8,10,12-14,18-19,21H,4,6,9,11H2,1-3H3. The molecular weight excluding hydrogens is 344 g/mol. The molecule has 0 aliphatic heterocycles. The second-order valence-electron chi connectivity index (χ2n) is 8.23. The lowest BCUT2D eigenvalue weighted by Gasteiger charge is -2.54. The molecule has 0 radical (unpaired) electrons. The van der Waals surface area contributed by atoms with Gasteiger partial charge in [-0.1, -0.05) is 73.0 Å². The van der Waals surface area contributed by atoms with E-state index < -0.39 is 0 Å². The molecular formula is C22H27Br. The van der Waals surface area contributed by atoms with Crippen LogP contribution in [0.5, 0.6) is 0 Å².